The molecule has 1 amide bonds. The van der Waals surface area contributed by atoms with E-state index in [9.17, 15) is 14.7 Å². The first-order chi connectivity index (χ1) is 14.3. The van der Waals surface area contributed by atoms with Gasteiger partial charge in [-0.15, -0.1) is 0 Å². The fraction of sp³-hybridized carbons (Fsp3) is 0.261. The number of carboxylic acids is 1. The molecule has 0 bridgehead atoms. The summed E-state index contributed by atoms with van der Waals surface area (Å²) in [6, 6.07) is 12.4. The van der Waals surface area contributed by atoms with Crippen LogP contribution in [0.1, 0.15) is 37.3 Å². The summed E-state index contributed by atoms with van der Waals surface area (Å²) in [6.07, 6.45) is 3.01. The Balaban J connectivity index is 1.91. The van der Waals surface area contributed by atoms with Crippen LogP contribution in [0.5, 0.6) is 0 Å². The van der Waals surface area contributed by atoms with Crippen LogP contribution in [0.25, 0.3) is 6.08 Å². The number of carbonyl (C=O) groups is 2. The maximum Gasteiger partial charge on any atom is 0.331 e. The van der Waals surface area contributed by atoms with Crippen molar-refractivity contribution in [2.45, 2.75) is 33.1 Å². The van der Waals surface area contributed by atoms with Crippen molar-refractivity contribution < 1.29 is 14.7 Å². The van der Waals surface area contributed by atoms with Crippen LogP contribution in [0.3, 0.4) is 0 Å². The van der Waals surface area contributed by atoms with Gasteiger partial charge in [0.2, 0.25) is 0 Å². The summed E-state index contributed by atoms with van der Waals surface area (Å²) in [7, 11) is 0. The van der Waals surface area contributed by atoms with E-state index < -0.39 is 11.9 Å². The standard InChI is InChI=1S/C23H22Cl2N2O3/c1-3-4-21-18(22(28)27(26-21)17-8-5-14(2)6-9-17)13-16(23(29)30)11-15-7-10-19(24)20(25)12-15/h5-12,18H,3-4,13H2,1-2H3,(H,29,30). The molecule has 156 valence electrons. The molecule has 2 aromatic carbocycles. The monoisotopic (exact) mass is 444 g/mol. The number of carboxylic acid groups (broad SMARTS) is 1. The molecule has 2 aromatic rings. The van der Waals surface area contributed by atoms with Crippen LogP contribution >= 0.6 is 23.2 Å². The summed E-state index contributed by atoms with van der Waals surface area (Å²) in [5.41, 5.74) is 3.17. The normalized spacial score (nSPS) is 16.7. The van der Waals surface area contributed by atoms with Crippen LogP contribution in [0, 0.1) is 12.8 Å². The Morgan fingerprint density at radius 2 is 1.87 bits per heavy atom. The molecule has 0 saturated carbocycles. The smallest absolute Gasteiger partial charge is 0.331 e. The molecule has 0 aliphatic carbocycles. The quantitative estimate of drug-likeness (QED) is 0.533. The third-order valence-corrected chi connectivity index (χ3v) is 5.64. The fourth-order valence-corrected chi connectivity index (χ4v) is 3.63. The molecule has 1 unspecified atom stereocenters. The molecule has 0 spiro atoms. The highest BCUT2D eigenvalue weighted by atomic mass is 35.5. The highest BCUT2D eigenvalue weighted by molar-refractivity contribution is 6.42. The molecule has 1 aliphatic heterocycles. The van der Waals surface area contributed by atoms with Crippen molar-refractivity contribution in [3.8, 4) is 0 Å². The Labute approximate surface area is 185 Å². The molecule has 1 heterocycles. The molecule has 0 aromatic heterocycles. The van der Waals surface area contributed by atoms with E-state index in [0.717, 1.165) is 12.0 Å². The molecule has 1 atom stereocenters. The first-order valence-corrected chi connectivity index (χ1v) is 10.4. The number of anilines is 1. The van der Waals surface area contributed by atoms with Crippen molar-refractivity contribution in [2.24, 2.45) is 11.0 Å². The van der Waals surface area contributed by atoms with Crippen LogP contribution in [0.15, 0.2) is 53.1 Å². The minimum Gasteiger partial charge on any atom is -0.478 e. The maximum atomic E-state index is 13.1. The van der Waals surface area contributed by atoms with Crippen molar-refractivity contribution in [1.29, 1.82) is 0 Å². The van der Waals surface area contributed by atoms with Gasteiger partial charge in [-0.2, -0.15) is 5.10 Å². The average Bonchev–Trinajstić information content (AvgIpc) is 3.00. The Kier molecular flexibility index (Phi) is 6.95. The van der Waals surface area contributed by atoms with E-state index in [0.29, 0.717) is 33.4 Å². The van der Waals surface area contributed by atoms with Crippen molar-refractivity contribution in [3.63, 3.8) is 0 Å². The van der Waals surface area contributed by atoms with Gasteiger partial charge in [-0.05, 0) is 55.7 Å². The number of halogens is 2. The molecule has 0 fully saturated rings. The summed E-state index contributed by atoms with van der Waals surface area (Å²) in [5.74, 6) is -1.92. The lowest BCUT2D eigenvalue weighted by molar-refractivity contribution is -0.132. The molecule has 1 N–H and O–H groups in total. The highest BCUT2D eigenvalue weighted by Gasteiger charge is 2.37. The number of benzene rings is 2. The Morgan fingerprint density at radius 3 is 2.47 bits per heavy atom. The van der Waals surface area contributed by atoms with Crippen LogP contribution in [0.2, 0.25) is 10.0 Å². The third-order valence-electron chi connectivity index (χ3n) is 4.91. The minimum atomic E-state index is -1.08. The Bertz CT molecular complexity index is 1030. The summed E-state index contributed by atoms with van der Waals surface area (Å²) >= 11 is 12.0. The van der Waals surface area contributed by atoms with Crippen LogP contribution in [-0.4, -0.2) is 22.7 Å². The maximum absolute atomic E-state index is 13.1. The molecule has 5 nitrogen and oxygen atoms in total. The summed E-state index contributed by atoms with van der Waals surface area (Å²) in [6.45, 7) is 3.97. The van der Waals surface area contributed by atoms with Crippen molar-refractivity contribution in [3.05, 3.63) is 69.2 Å². The SMILES string of the molecule is CCCC1=NN(c2ccc(C)cc2)C(=O)C1CC(=Cc1ccc(Cl)c(Cl)c1)C(=O)O. The van der Waals surface area contributed by atoms with Gasteiger partial charge in [0.1, 0.15) is 0 Å². The van der Waals surface area contributed by atoms with Gasteiger partial charge < -0.3 is 5.11 Å². The van der Waals surface area contributed by atoms with Crippen molar-refractivity contribution >= 4 is 52.6 Å². The lowest BCUT2D eigenvalue weighted by atomic mass is 9.91. The zero-order chi connectivity index (χ0) is 21.8. The van der Waals surface area contributed by atoms with E-state index in [1.807, 2.05) is 38.1 Å². The molecular formula is C23H22Cl2N2O3. The third kappa shape index (κ3) is 4.91. The van der Waals surface area contributed by atoms with E-state index in [4.69, 9.17) is 23.2 Å². The lowest BCUT2D eigenvalue weighted by Gasteiger charge is -2.15. The van der Waals surface area contributed by atoms with E-state index in [1.54, 1.807) is 18.2 Å². The van der Waals surface area contributed by atoms with E-state index >= 15 is 0 Å². The summed E-state index contributed by atoms with van der Waals surface area (Å²) < 4.78 is 0. The zero-order valence-electron chi connectivity index (χ0n) is 16.7. The van der Waals surface area contributed by atoms with Crippen molar-refractivity contribution in [2.75, 3.05) is 5.01 Å². The number of aliphatic carboxylic acids is 1. The molecule has 30 heavy (non-hydrogen) atoms. The van der Waals surface area contributed by atoms with Crippen LogP contribution < -0.4 is 5.01 Å². The van der Waals surface area contributed by atoms with Crippen LogP contribution in [-0.2, 0) is 9.59 Å². The second-order valence-electron chi connectivity index (χ2n) is 7.23. The van der Waals surface area contributed by atoms with Gasteiger partial charge >= 0.3 is 5.97 Å². The zero-order valence-corrected chi connectivity index (χ0v) is 18.2. The van der Waals surface area contributed by atoms with E-state index in [1.165, 1.54) is 11.1 Å². The first-order valence-electron chi connectivity index (χ1n) is 9.67. The fourth-order valence-electron chi connectivity index (χ4n) is 3.33. The Morgan fingerprint density at radius 1 is 1.17 bits per heavy atom. The number of nitrogens with zero attached hydrogens (tertiary/aromatic N) is 2. The number of hydrogen-bond acceptors (Lipinski definition) is 3. The molecule has 0 saturated heterocycles. The summed E-state index contributed by atoms with van der Waals surface area (Å²) in [5, 5.41) is 16.4. The summed E-state index contributed by atoms with van der Waals surface area (Å²) in [4.78, 5) is 25.0. The van der Waals surface area contributed by atoms with E-state index in [-0.39, 0.29) is 17.9 Å². The molecule has 3 rings (SSSR count). The van der Waals surface area contributed by atoms with Crippen molar-refractivity contribution in [1.82, 2.24) is 0 Å². The predicted octanol–water partition coefficient (Wildman–Crippen LogP) is 5.98. The van der Waals surface area contributed by atoms with E-state index in [2.05, 4.69) is 5.10 Å². The largest absolute Gasteiger partial charge is 0.478 e. The number of aryl methyl sites for hydroxylation is 1. The molecular weight excluding hydrogens is 423 g/mol. The molecule has 0 radical (unpaired) electrons. The predicted molar refractivity (Wildman–Crippen MR) is 121 cm³/mol. The average molecular weight is 445 g/mol. The van der Waals surface area contributed by atoms with Gasteiger partial charge in [0.25, 0.3) is 5.91 Å². The second kappa shape index (κ2) is 9.45. The second-order valence-corrected chi connectivity index (χ2v) is 8.05. The topological polar surface area (TPSA) is 70.0 Å². The van der Waals surface area contributed by atoms with Gasteiger partial charge in [0.05, 0.1) is 27.4 Å². The minimum absolute atomic E-state index is 0.0512. The van der Waals surface area contributed by atoms with Gasteiger partial charge in [0, 0.05) is 5.57 Å². The number of hydrazone groups is 1. The number of amides is 1. The number of carbonyl (C=O) groups excluding carboxylic acids is 1. The van der Waals surface area contributed by atoms with Gasteiger partial charge in [-0.3, -0.25) is 4.79 Å². The van der Waals surface area contributed by atoms with Gasteiger partial charge in [-0.1, -0.05) is 60.3 Å². The highest BCUT2D eigenvalue weighted by Crippen LogP contribution is 2.31. The molecule has 1 aliphatic rings. The van der Waals surface area contributed by atoms with Gasteiger partial charge in [0.15, 0.2) is 0 Å². The van der Waals surface area contributed by atoms with Gasteiger partial charge in [-0.25, -0.2) is 9.80 Å². The number of rotatable bonds is 7. The molecule has 7 heteroatoms. The lowest BCUT2D eigenvalue weighted by Crippen LogP contribution is -2.28. The number of hydrogen-bond donors (Lipinski definition) is 1. The van der Waals surface area contributed by atoms with Crippen LogP contribution in [0.4, 0.5) is 5.69 Å². The first kappa shape index (κ1) is 22.1. The Hall–Kier alpha value is -2.63.